The zero-order valence-corrected chi connectivity index (χ0v) is 11.0. The molecular weight excluding hydrogens is 258 g/mol. The summed E-state index contributed by atoms with van der Waals surface area (Å²) in [7, 11) is 0. The van der Waals surface area contributed by atoms with Crippen LogP contribution in [-0.2, 0) is 10.5 Å². The summed E-state index contributed by atoms with van der Waals surface area (Å²) >= 11 is 3.02. The first kappa shape index (κ1) is 12.1. The lowest BCUT2D eigenvalue weighted by molar-refractivity contribution is -0.114. The Balaban J connectivity index is 1.91. The van der Waals surface area contributed by atoms with Crippen LogP contribution in [-0.4, -0.2) is 15.9 Å². The highest BCUT2D eigenvalue weighted by atomic mass is 32.2. The van der Waals surface area contributed by atoms with Crippen LogP contribution in [0.3, 0.4) is 0 Å². The fraction of sp³-hybridized carbons (Fsp3) is 0.300. The zero-order chi connectivity index (χ0) is 12.3. The van der Waals surface area contributed by atoms with Crippen molar-refractivity contribution in [2.75, 3.05) is 5.32 Å². The molecule has 0 saturated heterocycles. The number of rotatable bonds is 4. The molecule has 0 aliphatic rings. The van der Waals surface area contributed by atoms with Gasteiger partial charge in [-0.25, -0.2) is 9.97 Å². The molecule has 0 bridgehead atoms. The topological polar surface area (TPSA) is 68.0 Å². The molecule has 0 aromatic carbocycles. The highest BCUT2D eigenvalue weighted by Gasteiger charge is 2.06. The van der Waals surface area contributed by atoms with Crippen molar-refractivity contribution in [1.82, 2.24) is 9.97 Å². The summed E-state index contributed by atoms with van der Waals surface area (Å²) in [5.74, 6) is 2.06. The highest BCUT2D eigenvalue weighted by Crippen LogP contribution is 2.30. The Hall–Kier alpha value is -1.34. The lowest BCUT2D eigenvalue weighted by Gasteiger charge is -1.93. The number of oxazole rings is 1. The number of hydrogen-bond acceptors (Lipinski definition) is 6. The minimum absolute atomic E-state index is 0.112. The van der Waals surface area contributed by atoms with Crippen molar-refractivity contribution in [1.29, 1.82) is 0 Å². The molecule has 0 aliphatic heterocycles. The van der Waals surface area contributed by atoms with E-state index in [1.54, 1.807) is 24.2 Å². The van der Waals surface area contributed by atoms with Gasteiger partial charge in [0.2, 0.25) is 11.8 Å². The summed E-state index contributed by atoms with van der Waals surface area (Å²) in [6, 6.07) is 0. The fourth-order valence-corrected chi connectivity index (χ4v) is 2.91. The normalized spacial score (nSPS) is 10.5. The molecule has 2 heterocycles. The van der Waals surface area contributed by atoms with Gasteiger partial charge in [-0.05, 0) is 6.92 Å². The van der Waals surface area contributed by atoms with E-state index in [0.717, 1.165) is 9.97 Å². The Morgan fingerprint density at radius 3 is 3.00 bits per heavy atom. The quantitative estimate of drug-likeness (QED) is 0.864. The molecule has 0 aliphatic carbocycles. The van der Waals surface area contributed by atoms with Gasteiger partial charge in [-0.1, -0.05) is 11.3 Å². The first-order chi connectivity index (χ1) is 8.13. The first-order valence-corrected chi connectivity index (χ1v) is 6.71. The molecule has 5 nitrogen and oxygen atoms in total. The van der Waals surface area contributed by atoms with Crippen molar-refractivity contribution in [3.8, 4) is 0 Å². The molecule has 0 radical (unpaired) electrons. The van der Waals surface area contributed by atoms with Gasteiger partial charge < -0.3 is 9.73 Å². The molecule has 0 saturated carbocycles. The minimum Gasteiger partial charge on any atom is -0.445 e. The largest absolute Gasteiger partial charge is 0.445 e. The average molecular weight is 269 g/mol. The fourth-order valence-electron chi connectivity index (χ4n) is 1.14. The molecule has 2 aromatic rings. The maximum absolute atomic E-state index is 10.8. The predicted octanol–water partition coefficient (Wildman–Crippen LogP) is 2.69. The third-order valence-electron chi connectivity index (χ3n) is 1.77. The second-order valence-corrected chi connectivity index (χ2v) is 5.63. The van der Waals surface area contributed by atoms with Crippen LogP contribution >= 0.6 is 23.1 Å². The summed E-state index contributed by atoms with van der Waals surface area (Å²) in [6.45, 7) is 3.33. The van der Waals surface area contributed by atoms with Crippen molar-refractivity contribution < 1.29 is 9.21 Å². The number of thiazole rings is 1. The summed E-state index contributed by atoms with van der Waals surface area (Å²) in [4.78, 5) is 19.0. The second-order valence-electron chi connectivity index (χ2n) is 3.32. The van der Waals surface area contributed by atoms with Gasteiger partial charge in [-0.2, -0.15) is 0 Å². The van der Waals surface area contributed by atoms with E-state index in [0.29, 0.717) is 16.8 Å². The van der Waals surface area contributed by atoms with Crippen LogP contribution in [0.4, 0.5) is 5.13 Å². The smallest absolute Gasteiger partial charge is 0.223 e. The van der Waals surface area contributed by atoms with E-state index in [-0.39, 0.29) is 5.91 Å². The van der Waals surface area contributed by atoms with Crippen molar-refractivity contribution in [2.24, 2.45) is 0 Å². The second kappa shape index (κ2) is 5.33. The van der Waals surface area contributed by atoms with Crippen LogP contribution < -0.4 is 5.32 Å². The molecule has 1 amide bonds. The van der Waals surface area contributed by atoms with Crippen molar-refractivity contribution >= 4 is 34.1 Å². The number of aryl methyl sites for hydroxylation is 1. The van der Waals surface area contributed by atoms with E-state index in [2.05, 4.69) is 15.3 Å². The molecule has 2 aromatic heterocycles. The third kappa shape index (κ3) is 3.57. The number of aromatic nitrogens is 2. The number of anilines is 1. The van der Waals surface area contributed by atoms with E-state index in [1.165, 1.54) is 18.3 Å². The summed E-state index contributed by atoms with van der Waals surface area (Å²) < 4.78 is 6.38. The number of amides is 1. The monoisotopic (exact) mass is 269 g/mol. The summed E-state index contributed by atoms with van der Waals surface area (Å²) in [5, 5.41) is 3.26. The number of nitrogens with zero attached hydrogens (tertiary/aromatic N) is 2. The van der Waals surface area contributed by atoms with E-state index in [9.17, 15) is 4.79 Å². The summed E-state index contributed by atoms with van der Waals surface area (Å²) in [5.41, 5.74) is 0. The standard InChI is InChI=1S/C10H11N3O2S2/c1-6-3-11-8(15-6)5-16-9-4-12-10(17-9)13-7(2)14/h3-4H,5H2,1-2H3,(H,12,13,14). The molecule has 0 fully saturated rings. The van der Waals surface area contributed by atoms with Gasteiger partial charge in [-0.15, -0.1) is 11.8 Å². The highest BCUT2D eigenvalue weighted by molar-refractivity contribution is 8.00. The van der Waals surface area contributed by atoms with Gasteiger partial charge >= 0.3 is 0 Å². The number of thioether (sulfide) groups is 1. The Bertz CT molecular complexity index is 521. The maximum atomic E-state index is 10.8. The van der Waals surface area contributed by atoms with Crippen LogP contribution in [0.15, 0.2) is 21.0 Å². The lowest BCUT2D eigenvalue weighted by atomic mass is 10.6. The van der Waals surface area contributed by atoms with Gasteiger partial charge in [-0.3, -0.25) is 4.79 Å². The van der Waals surface area contributed by atoms with E-state index < -0.39 is 0 Å². The Labute approximate surface area is 107 Å². The van der Waals surface area contributed by atoms with Crippen LogP contribution in [0.5, 0.6) is 0 Å². The molecule has 0 atom stereocenters. The molecule has 7 heteroatoms. The average Bonchev–Trinajstić information content (AvgIpc) is 2.84. The lowest BCUT2D eigenvalue weighted by Crippen LogP contribution is -2.04. The van der Waals surface area contributed by atoms with E-state index in [1.807, 2.05) is 6.92 Å². The molecule has 1 N–H and O–H groups in total. The SMILES string of the molecule is CC(=O)Nc1ncc(SCc2ncc(C)o2)s1. The number of nitrogens with one attached hydrogen (secondary N) is 1. The Kier molecular flexibility index (Phi) is 3.80. The number of carbonyl (C=O) groups excluding carboxylic acids is 1. The van der Waals surface area contributed by atoms with Gasteiger partial charge in [0, 0.05) is 6.92 Å². The third-order valence-corrected chi connectivity index (χ3v) is 3.87. The molecule has 90 valence electrons. The van der Waals surface area contributed by atoms with Crippen LogP contribution in [0, 0.1) is 6.92 Å². The van der Waals surface area contributed by atoms with E-state index >= 15 is 0 Å². The van der Waals surface area contributed by atoms with Crippen molar-refractivity contribution in [2.45, 2.75) is 23.8 Å². The zero-order valence-electron chi connectivity index (χ0n) is 9.39. The van der Waals surface area contributed by atoms with Crippen LogP contribution in [0.2, 0.25) is 0 Å². The van der Waals surface area contributed by atoms with Gasteiger partial charge in [0.15, 0.2) is 5.13 Å². The molecular formula is C10H11N3O2S2. The van der Waals surface area contributed by atoms with Crippen molar-refractivity contribution in [3.05, 3.63) is 24.0 Å². The summed E-state index contributed by atoms with van der Waals surface area (Å²) in [6.07, 6.45) is 3.43. The van der Waals surface area contributed by atoms with Crippen LogP contribution in [0.1, 0.15) is 18.6 Å². The maximum Gasteiger partial charge on any atom is 0.223 e. The first-order valence-electron chi connectivity index (χ1n) is 4.91. The minimum atomic E-state index is -0.112. The number of carbonyl (C=O) groups is 1. The molecule has 0 unspecified atom stereocenters. The molecule has 17 heavy (non-hydrogen) atoms. The number of hydrogen-bond donors (Lipinski definition) is 1. The van der Waals surface area contributed by atoms with Crippen molar-refractivity contribution in [3.63, 3.8) is 0 Å². The Morgan fingerprint density at radius 2 is 2.35 bits per heavy atom. The molecule has 0 spiro atoms. The van der Waals surface area contributed by atoms with Gasteiger partial charge in [0.05, 0.1) is 22.4 Å². The molecule has 2 rings (SSSR count). The van der Waals surface area contributed by atoms with Gasteiger partial charge in [0.1, 0.15) is 5.76 Å². The Morgan fingerprint density at radius 1 is 1.53 bits per heavy atom. The van der Waals surface area contributed by atoms with E-state index in [4.69, 9.17) is 4.42 Å². The predicted molar refractivity (Wildman–Crippen MR) is 67.2 cm³/mol. The van der Waals surface area contributed by atoms with Crippen LogP contribution in [0.25, 0.3) is 0 Å². The van der Waals surface area contributed by atoms with Gasteiger partial charge in [0.25, 0.3) is 0 Å².